The zero-order chi connectivity index (χ0) is 19.4. The lowest BCUT2D eigenvalue weighted by molar-refractivity contribution is -0.682. The molecule has 0 fully saturated rings. The highest BCUT2D eigenvalue weighted by Gasteiger charge is 2.17. The van der Waals surface area contributed by atoms with Crippen LogP contribution in [-0.2, 0) is 4.79 Å². The van der Waals surface area contributed by atoms with Crippen molar-refractivity contribution >= 4 is 23.2 Å². The number of nitrogens with one attached hydrogen (secondary N) is 1. The molecular formula is C21H24ClN4O+. The second-order valence-electron chi connectivity index (χ2n) is 6.62. The molecule has 5 nitrogen and oxygen atoms in total. The van der Waals surface area contributed by atoms with Crippen LogP contribution in [0, 0.1) is 13.8 Å². The molecule has 0 aliphatic carbocycles. The van der Waals surface area contributed by atoms with Crippen LogP contribution in [0.5, 0.6) is 0 Å². The summed E-state index contributed by atoms with van der Waals surface area (Å²) in [6.45, 7) is 6.24. The quantitative estimate of drug-likeness (QED) is 0.685. The molecule has 2 aromatic carbocycles. The minimum absolute atomic E-state index is 0.0531. The van der Waals surface area contributed by atoms with Gasteiger partial charge in [0, 0.05) is 10.6 Å². The third kappa shape index (κ3) is 4.56. The Morgan fingerprint density at radius 2 is 1.93 bits per heavy atom. The summed E-state index contributed by atoms with van der Waals surface area (Å²) in [4.78, 5) is 12.5. The van der Waals surface area contributed by atoms with Crippen molar-refractivity contribution in [3.8, 4) is 5.69 Å². The molecule has 0 aliphatic rings. The molecule has 1 heterocycles. The molecule has 3 aromatic rings. The zero-order valence-corrected chi connectivity index (χ0v) is 16.5. The molecule has 1 amide bonds. The van der Waals surface area contributed by atoms with Crippen LogP contribution in [-0.4, -0.2) is 22.2 Å². The highest BCUT2D eigenvalue weighted by atomic mass is 35.5. The predicted molar refractivity (Wildman–Crippen MR) is 108 cm³/mol. The lowest BCUT2D eigenvalue weighted by Crippen LogP contribution is -2.86. The van der Waals surface area contributed by atoms with Crippen molar-refractivity contribution in [2.45, 2.75) is 26.8 Å². The Kier molecular flexibility index (Phi) is 5.94. The van der Waals surface area contributed by atoms with Gasteiger partial charge in [-0.15, -0.1) is 0 Å². The van der Waals surface area contributed by atoms with E-state index in [4.69, 9.17) is 11.6 Å². The summed E-state index contributed by atoms with van der Waals surface area (Å²) in [5, 5.41) is 10.3. The van der Waals surface area contributed by atoms with E-state index >= 15 is 0 Å². The molecule has 0 aliphatic heterocycles. The number of para-hydroxylation sites is 1. The van der Waals surface area contributed by atoms with Crippen molar-refractivity contribution in [3.05, 3.63) is 76.6 Å². The second-order valence-corrected chi connectivity index (χ2v) is 7.06. The summed E-state index contributed by atoms with van der Waals surface area (Å²) in [5.41, 5.74) is 4.55. The number of aryl methyl sites for hydroxylation is 1. The lowest BCUT2D eigenvalue weighted by Gasteiger charge is -2.12. The highest BCUT2D eigenvalue weighted by Crippen LogP contribution is 2.22. The Labute approximate surface area is 164 Å². The van der Waals surface area contributed by atoms with Crippen LogP contribution in [0.25, 0.3) is 5.69 Å². The summed E-state index contributed by atoms with van der Waals surface area (Å²) in [5.74, 6) is -0.0531. The first kappa shape index (κ1) is 19.1. The van der Waals surface area contributed by atoms with Gasteiger partial charge in [0.25, 0.3) is 5.91 Å². The lowest BCUT2D eigenvalue weighted by atomic mass is 10.1. The molecule has 27 heavy (non-hydrogen) atoms. The number of hydrogen-bond acceptors (Lipinski definition) is 2. The second kappa shape index (κ2) is 8.37. The number of nitrogens with zero attached hydrogens (tertiary/aromatic N) is 2. The normalized spacial score (nSPS) is 12.0. The Morgan fingerprint density at radius 3 is 2.63 bits per heavy atom. The van der Waals surface area contributed by atoms with Gasteiger partial charge in [-0.25, -0.2) is 4.68 Å². The van der Waals surface area contributed by atoms with Crippen molar-refractivity contribution in [2.24, 2.45) is 0 Å². The Balaban J connectivity index is 1.65. The van der Waals surface area contributed by atoms with Gasteiger partial charge < -0.3 is 10.6 Å². The molecule has 0 spiro atoms. The molecule has 1 aromatic heterocycles. The topological polar surface area (TPSA) is 63.5 Å². The van der Waals surface area contributed by atoms with Crippen LogP contribution in [0.4, 0.5) is 5.69 Å². The highest BCUT2D eigenvalue weighted by molar-refractivity contribution is 6.30. The molecular weight excluding hydrogens is 360 g/mol. The fraction of sp³-hybridized carbons (Fsp3) is 0.238. The van der Waals surface area contributed by atoms with E-state index < -0.39 is 0 Å². The molecule has 3 rings (SSSR count). The molecule has 1 atom stereocenters. The summed E-state index contributed by atoms with van der Waals surface area (Å²) >= 11 is 6.04. The summed E-state index contributed by atoms with van der Waals surface area (Å²) < 4.78 is 1.85. The molecule has 0 saturated carbocycles. The maximum absolute atomic E-state index is 12.5. The number of amides is 1. The van der Waals surface area contributed by atoms with Gasteiger partial charge in [0.2, 0.25) is 0 Å². The van der Waals surface area contributed by atoms with E-state index in [9.17, 15) is 4.79 Å². The number of carbonyl (C=O) groups excluding carboxylic acids is 1. The third-order valence-corrected chi connectivity index (χ3v) is 4.82. The van der Waals surface area contributed by atoms with E-state index in [0.29, 0.717) is 11.6 Å². The van der Waals surface area contributed by atoms with Gasteiger partial charge in [0.15, 0.2) is 6.54 Å². The van der Waals surface area contributed by atoms with Gasteiger partial charge in [0.05, 0.1) is 22.8 Å². The molecule has 3 N–H and O–H groups in total. The van der Waals surface area contributed by atoms with E-state index in [2.05, 4.69) is 17.3 Å². The molecule has 0 bridgehead atoms. The van der Waals surface area contributed by atoms with E-state index in [0.717, 1.165) is 28.3 Å². The van der Waals surface area contributed by atoms with E-state index in [1.165, 1.54) is 0 Å². The summed E-state index contributed by atoms with van der Waals surface area (Å²) in [7, 11) is 0. The standard InChI is InChI=1S/C21H23ClN4O/c1-14(17-8-7-9-18(22)12-17)23-13-20(27)24-21-15(2)25-26(16(21)3)19-10-5-4-6-11-19/h4-12,14,23H,13H2,1-3H3,(H,24,27)/p+1/t14-/m0/s1. The average Bonchev–Trinajstić information content (AvgIpc) is 2.95. The minimum Gasteiger partial charge on any atom is -0.333 e. The first-order valence-corrected chi connectivity index (χ1v) is 9.34. The van der Waals surface area contributed by atoms with Crippen LogP contribution >= 0.6 is 11.6 Å². The van der Waals surface area contributed by atoms with Crippen molar-refractivity contribution in [1.29, 1.82) is 0 Å². The minimum atomic E-state index is -0.0531. The monoisotopic (exact) mass is 383 g/mol. The van der Waals surface area contributed by atoms with Gasteiger partial charge in [-0.05, 0) is 45.0 Å². The van der Waals surface area contributed by atoms with Crippen LogP contribution in [0.3, 0.4) is 0 Å². The van der Waals surface area contributed by atoms with Crippen LogP contribution in [0.2, 0.25) is 5.02 Å². The molecule has 6 heteroatoms. The van der Waals surface area contributed by atoms with E-state index in [1.54, 1.807) is 0 Å². The Hall–Kier alpha value is -2.63. The van der Waals surface area contributed by atoms with Gasteiger partial charge in [0.1, 0.15) is 6.04 Å². The largest absolute Gasteiger partial charge is 0.333 e. The molecule has 0 saturated heterocycles. The third-order valence-electron chi connectivity index (χ3n) is 4.59. The van der Waals surface area contributed by atoms with Crippen molar-refractivity contribution in [3.63, 3.8) is 0 Å². The maximum Gasteiger partial charge on any atom is 0.279 e. The number of carbonyl (C=O) groups is 1. The van der Waals surface area contributed by atoms with Crippen LogP contribution < -0.4 is 10.6 Å². The maximum atomic E-state index is 12.5. The van der Waals surface area contributed by atoms with Crippen LogP contribution in [0.1, 0.15) is 29.9 Å². The fourth-order valence-corrected chi connectivity index (χ4v) is 3.24. The molecule has 0 radical (unpaired) electrons. The molecule has 0 unspecified atom stereocenters. The van der Waals surface area contributed by atoms with Gasteiger partial charge >= 0.3 is 0 Å². The van der Waals surface area contributed by atoms with Gasteiger partial charge in [-0.3, -0.25) is 4.79 Å². The van der Waals surface area contributed by atoms with Crippen molar-refractivity contribution in [1.82, 2.24) is 9.78 Å². The fourth-order valence-electron chi connectivity index (χ4n) is 3.04. The number of quaternary nitrogens is 1. The van der Waals surface area contributed by atoms with Gasteiger partial charge in [-0.2, -0.15) is 5.10 Å². The van der Waals surface area contributed by atoms with Crippen LogP contribution in [0.15, 0.2) is 54.6 Å². The first-order chi connectivity index (χ1) is 13.0. The SMILES string of the molecule is Cc1nn(-c2ccccc2)c(C)c1NC(=O)C[NH2+][C@@H](C)c1cccc(Cl)c1. The summed E-state index contributed by atoms with van der Waals surface area (Å²) in [6, 6.07) is 17.7. The number of anilines is 1. The summed E-state index contributed by atoms with van der Waals surface area (Å²) in [6.07, 6.45) is 0. The molecule has 140 valence electrons. The number of nitrogens with two attached hydrogens (primary N) is 1. The van der Waals surface area contributed by atoms with E-state index in [1.807, 2.05) is 78.4 Å². The smallest absolute Gasteiger partial charge is 0.279 e. The van der Waals surface area contributed by atoms with Crippen molar-refractivity contribution in [2.75, 3.05) is 11.9 Å². The average molecular weight is 384 g/mol. The van der Waals surface area contributed by atoms with E-state index in [-0.39, 0.29) is 11.9 Å². The first-order valence-electron chi connectivity index (χ1n) is 8.96. The van der Waals surface area contributed by atoms with Crippen molar-refractivity contribution < 1.29 is 10.1 Å². The number of benzene rings is 2. The Morgan fingerprint density at radius 1 is 1.19 bits per heavy atom. The number of halogens is 1. The zero-order valence-electron chi connectivity index (χ0n) is 15.7. The number of hydrogen-bond donors (Lipinski definition) is 2. The number of aromatic nitrogens is 2. The Bertz CT molecular complexity index is 937. The predicted octanol–water partition coefficient (Wildman–Crippen LogP) is 3.41. The number of rotatable bonds is 6. The van der Waals surface area contributed by atoms with Gasteiger partial charge in [-0.1, -0.05) is 41.9 Å².